The summed E-state index contributed by atoms with van der Waals surface area (Å²) in [7, 11) is 1.60. The predicted molar refractivity (Wildman–Crippen MR) is 95.4 cm³/mol. The molecule has 8 heteroatoms. The first-order valence-electron chi connectivity index (χ1n) is 7.61. The second-order valence-electron chi connectivity index (χ2n) is 5.37. The van der Waals surface area contributed by atoms with Gasteiger partial charge in [-0.25, -0.2) is 5.43 Å². The number of ether oxygens (including phenoxy) is 1. The number of nitrogens with zero attached hydrogens (tertiary/aromatic N) is 2. The molecule has 0 saturated heterocycles. The molecule has 0 atom stereocenters. The molecule has 0 radical (unpaired) electrons. The quantitative estimate of drug-likeness (QED) is 0.415. The van der Waals surface area contributed by atoms with E-state index in [9.17, 15) is 15.0 Å². The number of hydrogen-bond donors (Lipinski definition) is 4. The molecule has 0 spiro atoms. The van der Waals surface area contributed by atoms with Gasteiger partial charge in [-0.05, 0) is 36.4 Å². The van der Waals surface area contributed by atoms with Crippen LogP contribution >= 0.6 is 0 Å². The lowest BCUT2D eigenvalue weighted by Crippen LogP contribution is -2.17. The Kier molecular flexibility index (Phi) is 4.84. The number of carbonyl (C=O) groups excluding carboxylic acids is 1. The van der Waals surface area contributed by atoms with Crippen molar-refractivity contribution in [3.05, 3.63) is 59.8 Å². The first-order chi connectivity index (χ1) is 12.6. The highest BCUT2D eigenvalue weighted by Gasteiger charge is 2.09. The zero-order chi connectivity index (χ0) is 18.5. The van der Waals surface area contributed by atoms with Crippen LogP contribution in [0.2, 0.25) is 0 Å². The van der Waals surface area contributed by atoms with Crippen molar-refractivity contribution in [2.24, 2.45) is 5.10 Å². The van der Waals surface area contributed by atoms with Crippen molar-refractivity contribution in [1.29, 1.82) is 0 Å². The third kappa shape index (κ3) is 3.81. The lowest BCUT2D eigenvalue weighted by molar-refractivity contribution is 0.0954. The highest BCUT2D eigenvalue weighted by atomic mass is 16.5. The number of hydrogen-bond acceptors (Lipinski definition) is 6. The van der Waals surface area contributed by atoms with E-state index in [1.807, 2.05) is 24.3 Å². The summed E-state index contributed by atoms with van der Waals surface area (Å²) in [4.78, 5) is 12.0. The number of aromatic hydroxyl groups is 2. The molecule has 26 heavy (non-hydrogen) atoms. The summed E-state index contributed by atoms with van der Waals surface area (Å²) in [5.74, 6) is -0.251. The molecule has 0 fully saturated rings. The Morgan fingerprint density at radius 3 is 2.54 bits per heavy atom. The van der Waals surface area contributed by atoms with Crippen LogP contribution in [0.3, 0.4) is 0 Å². The molecule has 0 aliphatic rings. The normalized spacial score (nSPS) is 10.8. The predicted octanol–water partition coefficient (Wildman–Crippen LogP) is 2.26. The number of nitrogens with one attached hydrogen (secondary N) is 2. The minimum atomic E-state index is -0.568. The molecule has 132 valence electrons. The van der Waals surface area contributed by atoms with Gasteiger partial charge in [0.25, 0.3) is 5.91 Å². The van der Waals surface area contributed by atoms with E-state index in [1.54, 1.807) is 13.3 Å². The van der Waals surface area contributed by atoms with Crippen LogP contribution in [0.4, 0.5) is 0 Å². The van der Waals surface area contributed by atoms with Crippen molar-refractivity contribution in [1.82, 2.24) is 15.6 Å². The van der Waals surface area contributed by atoms with Crippen LogP contribution in [-0.4, -0.2) is 39.6 Å². The number of phenolic OH excluding ortho intramolecular Hbond substituents is 2. The Morgan fingerprint density at radius 1 is 1.19 bits per heavy atom. The van der Waals surface area contributed by atoms with Crippen LogP contribution in [0.15, 0.2) is 53.8 Å². The highest BCUT2D eigenvalue weighted by Crippen LogP contribution is 2.23. The van der Waals surface area contributed by atoms with Gasteiger partial charge in [-0.2, -0.15) is 10.2 Å². The molecule has 3 aromatic rings. The number of rotatable bonds is 5. The molecule has 1 aromatic heterocycles. The van der Waals surface area contributed by atoms with Gasteiger partial charge in [0.2, 0.25) is 0 Å². The SMILES string of the molecule is COc1ccc(-c2[nH]ncc2/C=N\NC(=O)c2cc(O)cc(O)c2)cc1. The summed E-state index contributed by atoms with van der Waals surface area (Å²) >= 11 is 0. The van der Waals surface area contributed by atoms with Crippen molar-refractivity contribution in [3.8, 4) is 28.5 Å². The van der Waals surface area contributed by atoms with Gasteiger partial charge in [-0.15, -0.1) is 0 Å². The topological polar surface area (TPSA) is 120 Å². The molecule has 0 unspecified atom stereocenters. The second kappa shape index (κ2) is 7.39. The van der Waals surface area contributed by atoms with E-state index < -0.39 is 5.91 Å². The summed E-state index contributed by atoms with van der Waals surface area (Å²) in [5.41, 5.74) is 4.72. The fourth-order valence-corrected chi connectivity index (χ4v) is 2.33. The molecule has 2 aromatic carbocycles. The van der Waals surface area contributed by atoms with Gasteiger partial charge in [0.15, 0.2) is 0 Å². The van der Waals surface area contributed by atoms with Gasteiger partial charge in [0.05, 0.1) is 25.2 Å². The van der Waals surface area contributed by atoms with Gasteiger partial charge in [0.1, 0.15) is 17.2 Å². The molecule has 0 aliphatic carbocycles. The van der Waals surface area contributed by atoms with Crippen molar-refractivity contribution >= 4 is 12.1 Å². The fraction of sp³-hybridized carbons (Fsp3) is 0.0556. The molecular formula is C18H16N4O4. The number of aromatic amines is 1. The summed E-state index contributed by atoms with van der Waals surface area (Å²) in [6, 6.07) is 11.0. The lowest BCUT2D eigenvalue weighted by Gasteiger charge is -2.03. The Hall–Kier alpha value is -3.81. The number of benzene rings is 2. The molecule has 4 N–H and O–H groups in total. The number of aromatic nitrogens is 2. The summed E-state index contributed by atoms with van der Waals surface area (Å²) in [6.45, 7) is 0. The summed E-state index contributed by atoms with van der Waals surface area (Å²) in [6.07, 6.45) is 3.03. The average molecular weight is 352 g/mol. The number of methoxy groups -OCH3 is 1. The molecule has 1 heterocycles. The Labute approximate surface area is 148 Å². The van der Waals surface area contributed by atoms with Crippen molar-refractivity contribution in [2.75, 3.05) is 7.11 Å². The van der Waals surface area contributed by atoms with Crippen molar-refractivity contribution < 1.29 is 19.7 Å². The van der Waals surface area contributed by atoms with E-state index in [4.69, 9.17) is 4.74 Å². The molecule has 0 aliphatic heterocycles. The molecule has 8 nitrogen and oxygen atoms in total. The van der Waals surface area contributed by atoms with Crippen LogP contribution in [0.1, 0.15) is 15.9 Å². The maximum Gasteiger partial charge on any atom is 0.271 e. The van der Waals surface area contributed by atoms with E-state index in [-0.39, 0.29) is 17.1 Å². The van der Waals surface area contributed by atoms with Gasteiger partial charge in [-0.3, -0.25) is 9.89 Å². The van der Waals surface area contributed by atoms with Crippen LogP contribution < -0.4 is 10.2 Å². The molecule has 3 rings (SSSR count). The summed E-state index contributed by atoms with van der Waals surface area (Å²) < 4.78 is 5.13. The van der Waals surface area contributed by atoms with E-state index in [0.29, 0.717) is 5.56 Å². The van der Waals surface area contributed by atoms with Gasteiger partial charge >= 0.3 is 0 Å². The second-order valence-corrected chi connectivity index (χ2v) is 5.37. The summed E-state index contributed by atoms with van der Waals surface area (Å²) in [5, 5.41) is 29.6. The van der Waals surface area contributed by atoms with Crippen molar-refractivity contribution in [2.45, 2.75) is 0 Å². The number of carbonyl (C=O) groups is 1. The van der Waals surface area contributed by atoms with Crippen LogP contribution in [0.25, 0.3) is 11.3 Å². The number of H-pyrrole nitrogens is 1. The number of amides is 1. The number of phenols is 2. The molecular weight excluding hydrogens is 336 g/mol. The van der Waals surface area contributed by atoms with Gasteiger partial charge < -0.3 is 14.9 Å². The van der Waals surface area contributed by atoms with Crippen LogP contribution in [0.5, 0.6) is 17.2 Å². The Morgan fingerprint density at radius 2 is 1.88 bits per heavy atom. The van der Waals surface area contributed by atoms with E-state index in [1.165, 1.54) is 18.3 Å². The Bertz CT molecular complexity index is 928. The smallest absolute Gasteiger partial charge is 0.271 e. The van der Waals surface area contributed by atoms with Crippen molar-refractivity contribution in [3.63, 3.8) is 0 Å². The largest absolute Gasteiger partial charge is 0.508 e. The van der Waals surface area contributed by atoms with E-state index >= 15 is 0 Å². The molecule has 0 bridgehead atoms. The lowest BCUT2D eigenvalue weighted by atomic mass is 10.1. The van der Waals surface area contributed by atoms with E-state index in [2.05, 4.69) is 20.7 Å². The minimum absolute atomic E-state index is 0.0854. The number of hydrazone groups is 1. The monoisotopic (exact) mass is 352 g/mol. The molecule has 1 amide bonds. The van der Waals surface area contributed by atoms with Crippen LogP contribution in [-0.2, 0) is 0 Å². The fourth-order valence-electron chi connectivity index (χ4n) is 2.33. The van der Waals surface area contributed by atoms with E-state index in [0.717, 1.165) is 23.1 Å². The zero-order valence-corrected chi connectivity index (χ0v) is 13.8. The highest BCUT2D eigenvalue weighted by molar-refractivity contribution is 5.96. The zero-order valence-electron chi connectivity index (χ0n) is 13.8. The first-order valence-corrected chi connectivity index (χ1v) is 7.61. The van der Waals surface area contributed by atoms with Gasteiger partial charge in [-0.1, -0.05) is 0 Å². The molecule has 0 saturated carbocycles. The maximum absolute atomic E-state index is 12.0. The standard InChI is InChI=1S/C18H16N4O4/c1-26-16-4-2-11(3-5-16)17-13(9-19-21-17)10-20-22-18(25)12-6-14(23)8-15(24)7-12/h2-10,23-24H,1H3,(H,19,21)(H,22,25)/b20-10-. The first kappa shape index (κ1) is 17.0. The van der Waals surface area contributed by atoms with Crippen LogP contribution in [0, 0.1) is 0 Å². The maximum atomic E-state index is 12.0. The average Bonchev–Trinajstić information content (AvgIpc) is 3.09. The Balaban J connectivity index is 1.73. The third-order valence-corrected chi connectivity index (χ3v) is 3.58. The third-order valence-electron chi connectivity index (χ3n) is 3.58. The van der Waals surface area contributed by atoms with Gasteiger partial charge in [0, 0.05) is 22.8 Å². The minimum Gasteiger partial charge on any atom is -0.508 e.